The first-order valence-corrected chi connectivity index (χ1v) is 52.6. The second kappa shape index (κ2) is 40.0. The molecule has 0 saturated carbocycles. The van der Waals surface area contributed by atoms with Gasteiger partial charge in [0.25, 0.3) is 23.6 Å². The highest BCUT2D eigenvalue weighted by Crippen LogP contribution is 2.55. The molecule has 672 valence electrons. The number of aryl methyl sites for hydroxylation is 3. The number of carbonyl (C=O) groups is 8. The van der Waals surface area contributed by atoms with E-state index >= 15 is 0 Å². The van der Waals surface area contributed by atoms with E-state index < -0.39 is 70.4 Å². The van der Waals surface area contributed by atoms with E-state index in [-0.39, 0.29) is 63.4 Å². The molecule has 0 unspecified atom stereocenters. The van der Waals surface area contributed by atoms with Gasteiger partial charge in [0.1, 0.15) is 22.4 Å². The summed E-state index contributed by atoms with van der Waals surface area (Å²) in [6.45, 7) is 35.6. The lowest BCUT2D eigenvalue weighted by molar-refractivity contribution is -0.123. The van der Waals surface area contributed by atoms with Gasteiger partial charge in [-0.1, -0.05) is 84.6 Å². The standard InChI is InChI=1S/C52H56N2O6S6.C24H22Br2N2O6S2.C20H29BO2S2/c1-9-11-13-15-17-31-19-21-33(61-31)35-23-25-37(63-35)39-27-29-41(65-39)45-43-44(48(56)53(45)49(57)59-51(3,4)5)46(54(47(43)55)50(58)60-52(6,7)8)42-30-28-40(66-42)38-26-24-36(64-38)34-22-20-32(62-34)18-16-14-12-10-2;1-23(2,3)33-21(31)27-17(11-7-9-13(25)35-11)15-16(19(27)29)18(12-8-10-14(26)36-12)28(20(15)30)22(32)34-24(4,5)6;1-6-7-8-9-10-15-11-12-16(24-15)17-13-14-18(25-17)21-22-19(2,3)20(4,5)23-21/h19-30H,9-18H2,1-8H3;7-10H,1-6H3;11-14H,6-10H2,1-5H3. The van der Waals surface area contributed by atoms with Crippen LogP contribution in [0.4, 0.5) is 19.2 Å². The van der Waals surface area contributed by atoms with Gasteiger partial charge in [-0.25, -0.2) is 38.8 Å². The molecule has 10 aromatic rings. The van der Waals surface area contributed by atoms with Gasteiger partial charge < -0.3 is 28.3 Å². The average Bonchev–Trinajstić information content (AvgIpc) is 1.54. The number of rotatable bonds is 25. The molecular weight excluding hydrogens is 1920 g/mol. The highest BCUT2D eigenvalue weighted by atomic mass is 79.9. The van der Waals surface area contributed by atoms with Crippen molar-refractivity contribution >= 4 is 228 Å². The normalized spacial score (nSPS) is 15.8. The van der Waals surface area contributed by atoms with Crippen molar-refractivity contribution in [2.75, 3.05) is 0 Å². The van der Waals surface area contributed by atoms with E-state index in [9.17, 15) is 38.4 Å². The predicted molar refractivity (Wildman–Crippen MR) is 533 cm³/mol. The summed E-state index contributed by atoms with van der Waals surface area (Å²) in [5.41, 5.74) is -4.05. The Morgan fingerprint density at radius 1 is 0.307 bits per heavy atom. The fraction of sp³-hybridized carbons (Fsp3) is 0.417. The maximum atomic E-state index is 15.0. The Morgan fingerprint density at radius 3 is 0.780 bits per heavy atom. The molecule has 15 heterocycles. The first kappa shape index (κ1) is 97.2. The van der Waals surface area contributed by atoms with Crippen LogP contribution in [0, 0.1) is 0 Å². The van der Waals surface area contributed by atoms with E-state index in [1.165, 1.54) is 163 Å². The number of unbranched alkanes of at least 4 members (excludes halogenated alkanes) is 9. The van der Waals surface area contributed by atoms with Crippen molar-refractivity contribution in [3.05, 3.63) is 185 Å². The average molecular weight is 2030 g/mol. The Bertz CT molecular complexity index is 5620. The number of carbonyl (C=O) groups excluding carboxylic acids is 8. The zero-order valence-electron chi connectivity index (χ0n) is 75.1. The summed E-state index contributed by atoms with van der Waals surface area (Å²) in [5, 5.41) is 0. The molecule has 0 N–H and O–H groups in total. The van der Waals surface area contributed by atoms with E-state index in [0.29, 0.717) is 19.5 Å². The van der Waals surface area contributed by atoms with Gasteiger partial charge in [-0.2, -0.15) is 0 Å². The molecule has 127 heavy (non-hydrogen) atoms. The zero-order valence-corrected chi connectivity index (χ0v) is 86.4. The SMILES string of the molecule is CC(C)(C)OC(=O)N1C(=O)C2=C(c3ccc(Br)s3)N(C(=O)OC(C)(C)C)C(=O)C2=C1c1ccc(Br)s1.CCCCCCc1ccc(-c2ccc(-c3ccc(C4=C5C(=O)N(C(=O)OC(C)(C)C)C(c6ccc(-c7ccc(-c8ccc(CCCCCC)s8)s7)s6)=C5C(=O)N4C(=O)OC(C)(C)C)s3)s2)s1.CCCCCCc1ccc(-c2ccc(B3OC(C)(C)C(C)(C)O3)s2)s1. The Hall–Kier alpha value is -7.34. The van der Waals surface area contributed by atoms with Gasteiger partial charge in [0.15, 0.2) is 0 Å². The second-order valence-electron chi connectivity index (χ2n) is 36.3. The van der Waals surface area contributed by atoms with Crippen molar-refractivity contribution in [3.8, 4) is 48.8 Å². The number of ether oxygens (including phenoxy) is 4. The molecule has 0 bridgehead atoms. The highest BCUT2D eigenvalue weighted by molar-refractivity contribution is 9.11. The van der Waals surface area contributed by atoms with Crippen LogP contribution < -0.4 is 4.78 Å². The van der Waals surface area contributed by atoms with Crippen molar-refractivity contribution in [1.82, 2.24) is 19.6 Å². The molecule has 0 aromatic carbocycles. The number of thiophene rings is 10. The summed E-state index contributed by atoms with van der Waals surface area (Å²) in [5.74, 6) is -2.98. The molecule has 15 rings (SSSR count). The van der Waals surface area contributed by atoms with E-state index in [1.807, 2.05) is 58.3 Å². The zero-order chi connectivity index (χ0) is 91.7. The molecular formula is C96H107BBr2N4O14S10. The number of amides is 8. The van der Waals surface area contributed by atoms with Crippen LogP contribution in [0.3, 0.4) is 0 Å². The summed E-state index contributed by atoms with van der Waals surface area (Å²) >= 11 is 22.8. The van der Waals surface area contributed by atoms with Crippen LogP contribution in [0.15, 0.2) is 151 Å². The van der Waals surface area contributed by atoms with Crippen LogP contribution in [0.25, 0.3) is 71.6 Å². The van der Waals surface area contributed by atoms with E-state index in [4.69, 9.17) is 28.3 Å². The fourth-order valence-electron chi connectivity index (χ4n) is 14.4. The Kier molecular flexibility index (Phi) is 30.6. The topological polar surface area (TPSA) is 205 Å². The minimum atomic E-state index is -0.943. The van der Waals surface area contributed by atoms with E-state index in [1.54, 1.807) is 141 Å². The molecule has 0 spiro atoms. The largest absolute Gasteiger partial charge is 0.505 e. The van der Waals surface area contributed by atoms with Gasteiger partial charge in [-0.05, 0) is 296 Å². The Morgan fingerprint density at radius 2 is 0.528 bits per heavy atom. The van der Waals surface area contributed by atoms with Crippen molar-refractivity contribution in [2.24, 2.45) is 0 Å². The summed E-state index contributed by atoms with van der Waals surface area (Å²) in [6, 6.07) is 40.7. The fourth-order valence-corrected chi connectivity index (χ4v) is 26.0. The van der Waals surface area contributed by atoms with Crippen molar-refractivity contribution in [2.45, 2.75) is 261 Å². The number of halogens is 2. The number of imide groups is 4. The molecule has 1 fully saturated rings. The number of fused-ring (bicyclic) bond motifs is 2. The smallest absolute Gasteiger partial charge is 0.443 e. The third kappa shape index (κ3) is 22.5. The molecule has 1 saturated heterocycles. The first-order valence-electron chi connectivity index (χ1n) is 42.9. The van der Waals surface area contributed by atoms with Crippen LogP contribution in [0.1, 0.15) is 243 Å². The second-order valence-corrected chi connectivity index (χ2v) is 50.1. The third-order valence-corrected chi connectivity index (χ3v) is 34.1. The third-order valence-electron chi connectivity index (χ3n) is 21.0. The van der Waals surface area contributed by atoms with Crippen LogP contribution in [0.5, 0.6) is 0 Å². The molecule has 8 amide bonds. The lowest BCUT2D eigenvalue weighted by atomic mass is 9.88. The number of hydrogen-bond acceptors (Lipinski definition) is 24. The van der Waals surface area contributed by atoms with Gasteiger partial charge in [-0.15, -0.1) is 113 Å². The molecule has 5 aliphatic heterocycles. The molecule has 0 atom stereocenters. The molecule has 0 radical (unpaired) electrons. The maximum absolute atomic E-state index is 15.0. The maximum Gasteiger partial charge on any atom is 0.505 e. The summed E-state index contributed by atoms with van der Waals surface area (Å²) in [6.07, 6.45) is 14.9. The van der Waals surface area contributed by atoms with Gasteiger partial charge in [0.2, 0.25) is 0 Å². The molecule has 31 heteroatoms. The minimum Gasteiger partial charge on any atom is -0.443 e. The van der Waals surface area contributed by atoms with Gasteiger partial charge in [0.05, 0.1) is 83.4 Å². The first-order chi connectivity index (χ1) is 59.9. The summed E-state index contributed by atoms with van der Waals surface area (Å²) in [7, 11) is -0.253. The van der Waals surface area contributed by atoms with E-state index in [2.05, 4.69) is 153 Å². The molecule has 10 aromatic heterocycles. The van der Waals surface area contributed by atoms with Crippen molar-refractivity contribution in [3.63, 3.8) is 0 Å². The highest BCUT2D eigenvalue weighted by Gasteiger charge is 2.58. The van der Waals surface area contributed by atoms with Crippen LogP contribution in [-0.2, 0) is 66.7 Å². The number of nitrogens with zero attached hydrogens (tertiary/aromatic N) is 4. The minimum absolute atomic E-state index is 0.0337. The van der Waals surface area contributed by atoms with Crippen LogP contribution >= 0.6 is 145 Å². The molecule has 18 nitrogen and oxygen atoms in total. The van der Waals surface area contributed by atoms with Crippen LogP contribution in [0.2, 0.25) is 0 Å². The molecule has 5 aliphatic rings. The summed E-state index contributed by atoms with van der Waals surface area (Å²) < 4.78 is 37.7. The van der Waals surface area contributed by atoms with Gasteiger partial charge in [-0.3, -0.25) is 19.2 Å². The Labute approximate surface area is 802 Å². The number of hydrogen-bond donors (Lipinski definition) is 0. The van der Waals surface area contributed by atoms with Crippen molar-refractivity contribution in [1.29, 1.82) is 0 Å². The molecule has 0 aliphatic carbocycles. The predicted octanol–water partition coefficient (Wildman–Crippen LogP) is 29.6. The quantitative estimate of drug-likeness (QED) is 0.0297. The lowest BCUT2D eigenvalue weighted by Gasteiger charge is -2.32. The monoisotopic (exact) mass is 2030 g/mol. The van der Waals surface area contributed by atoms with Gasteiger partial charge in [0, 0.05) is 68.2 Å². The lowest BCUT2D eigenvalue weighted by Crippen LogP contribution is -2.41. The van der Waals surface area contributed by atoms with Crippen molar-refractivity contribution < 1.29 is 66.6 Å². The van der Waals surface area contributed by atoms with E-state index in [0.717, 1.165) is 74.1 Å². The summed E-state index contributed by atoms with van der Waals surface area (Å²) in [4.78, 5) is 134. The van der Waals surface area contributed by atoms with Gasteiger partial charge >= 0.3 is 31.5 Å². The Balaban J connectivity index is 0.000000188. The van der Waals surface area contributed by atoms with Crippen LogP contribution in [-0.4, -0.2) is 108 Å².